The van der Waals surface area contributed by atoms with Crippen LogP contribution in [-0.2, 0) is 16.1 Å². The Hall–Kier alpha value is -2.15. The minimum Gasteiger partial charge on any atom is -0.444 e. The second-order valence-corrected chi connectivity index (χ2v) is 7.31. The van der Waals surface area contributed by atoms with Crippen LogP contribution in [0.2, 0.25) is 0 Å². The zero-order chi connectivity index (χ0) is 18.4. The average Bonchev–Trinajstić information content (AvgIpc) is 2.71. The Labute approximate surface area is 149 Å². The van der Waals surface area contributed by atoms with Crippen molar-refractivity contribution in [3.05, 3.63) is 23.9 Å². The molecule has 0 atom stereocenters. The van der Waals surface area contributed by atoms with Gasteiger partial charge in [-0.25, -0.2) is 9.78 Å². The van der Waals surface area contributed by atoms with Crippen LogP contribution in [-0.4, -0.2) is 58.6 Å². The van der Waals surface area contributed by atoms with Crippen molar-refractivity contribution in [2.24, 2.45) is 0 Å². The molecule has 1 N–H and O–H groups in total. The first-order valence-electron chi connectivity index (χ1n) is 8.66. The van der Waals surface area contributed by atoms with Gasteiger partial charge in [-0.2, -0.15) is 0 Å². The van der Waals surface area contributed by atoms with Gasteiger partial charge < -0.3 is 9.64 Å². The Balaban J connectivity index is 1.93. The molecule has 0 unspecified atom stereocenters. The highest BCUT2D eigenvalue weighted by Gasteiger charge is 2.18. The fourth-order valence-electron chi connectivity index (χ4n) is 2.75. The molecule has 1 saturated heterocycles. The Kier molecular flexibility index (Phi) is 6.36. The summed E-state index contributed by atoms with van der Waals surface area (Å²) in [4.78, 5) is 31.7. The molecule has 0 bridgehead atoms. The van der Waals surface area contributed by atoms with Crippen molar-refractivity contribution in [3.8, 4) is 0 Å². The van der Waals surface area contributed by atoms with Gasteiger partial charge in [-0.3, -0.25) is 15.0 Å². The number of nitrogens with one attached hydrogen (secondary N) is 1. The van der Waals surface area contributed by atoms with E-state index < -0.39 is 11.7 Å². The highest BCUT2D eigenvalue weighted by molar-refractivity contribution is 5.83. The van der Waals surface area contributed by atoms with E-state index in [1.165, 1.54) is 0 Å². The number of anilines is 1. The summed E-state index contributed by atoms with van der Waals surface area (Å²) in [6.45, 7) is 11.2. The second kappa shape index (κ2) is 8.29. The lowest BCUT2D eigenvalue weighted by molar-refractivity contribution is -0.128. The van der Waals surface area contributed by atoms with Crippen LogP contribution in [0.1, 0.15) is 39.7 Å². The summed E-state index contributed by atoms with van der Waals surface area (Å²) in [6.07, 6.45) is 2.14. The Bertz CT molecular complexity index is 613. The summed E-state index contributed by atoms with van der Waals surface area (Å²) in [5.41, 5.74) is 0.522. The van der Waals surface area contributed by atoms with Crippen molar-refractivity contribution in [2.75, 3.05) is 31.5 Å². The molecular weight excluding hydrogens is 320 g/mol. The van der Waals surface area contributed by atoms with E-state index in [1.807, 2.05) is 37.8 Å². The van der Waals surface area contributed by atoms with Crippen LogP contribution in [0.3, 0.4) is 0 Å². The largest absolute Gasteiger partial charge is 0.444 e. The molecule has 7 nitrogen and oxygen atoms in total. The van der Waals surface area contributed by atoms with Crippen molar-refractivity contribution < 1.29 is 14.3 Å². The van der Waals surface area contributed by atoms with Gasteiger partial charge in [-0.15, -0.1) is 0 Å². The minimum atomic E-state index is -0.545. The van der Waals surface area contributed by atoms with E-state index in [0.717, 1.165) is 44.7 Å². The predicted octanol–water partition coefficient (Wildman–Crippen LogP) is 2.48. The van der Waals surface area contributed by atoms with E-state index in [-0.39, 0.29) is 5.91 Å². The molecule has 2 heterocycles. The number of ether oxygens (including phenoxy) is 1. The summed E-state index contributed by atoms with van der Waals surface area (Å²) >= 11 is 0. The fourth-order valence-corrected chi connectivity index (χ4v) is 2.75. The van der Waals surface area contributed by atoms with Crippen LogP contribution in [0.15, 0.2) is 18.3 Å². The molecule has 0 saturated carbocycles. The van der Waals surface area contributed by atoms with Gasteiger partial charge in [0.15, 0.2) is 0 Å². The topological polar surface area (TPSA) is 74.8 Å². The normalized spacial score (nSPS) is 16.2. The van der Waals surface area contributed by atoms with Crippen molar-refractivity contribution in [3.63, 3.8) is 0 Å². The van der Waals surface area contributed by atoms with Gasteiger partial charge in [0.1, 0.15) is 11.4 Å². The maximum absolute atomic E-state index is 11.9. The Morgan fingerprint density at radius 1 is 1.24 bits per heavy atom. The summed E-state index contributed by atoms with van der Waals surface area (Å²) in [5.74, 6) is 0.613. The molecule has 0 radical (unpaired) electrons. The highest BCUT2D eigenvalue weighted by atomic mass is 16.6. The molecule has 25 heavy (non-hydrogen) atoms. The molecule has 2 amide bonds. The standard InChI is InChI=1S/C18H28N4O3/c1-14(23)22-9-5-8-21(10-11-22)13-15-6-7-19-16(12-15)20-17(24)25-18(2,3)4/h6-7,12H,5,8-11,13H2,1-4H3,(H,19,20,24). The first-order chi connectivity index (χ1) is 11.7. The molecule has 1 aromatic heterocycles. The summed E-state index contributed by atoms with van der Waals surface area (Å²) in [5, 5.41) is 2.67. The van der Waals surface area contributed by atoms with Crippen molar-refractivity contribution in [2.45, 2.75) is 46.3 Å². The third kappa shape index (κ3) is 6.70. The number of aromatic nitrogens is 1. The Morgan fingerprint density at radius 2 is 2.00 bits per heavy atom. The van der Waals surface area contributed by atoms with Gasteiger partial charge in [0.25, 0.3) is 0 Å². The van der Waals surface area contributed by atoms with E-state index in [9.17, 15) is 9.59 Å². The van der Waals surface area contributed by atoms with Gasteiger partial charge in [0.05, 0.1) is 0 Å². The lowest BCUT2D eigenvalue weighted by Crippen LogP contribution is -2.33. The molecule has 1 aliphatic rings. The maximum Gasteiger partial charge on any atom is 0.413 e. The van der Waals surface area contributed by atoms with Gasteiger partial charge in [-0.1, -0.05) is 0 Å². The second-order valence-electron chi connectivity index (χ2n) is 7.31. The molecule has 0 spiro atoms. The molecular formula is C18H28N4O3. The quantitative estimate of drug-likeness (QED) is 0.908. The van der Waals surface area contributed by atoms with E-state index >= 15 is 0 Å². The number of amides is 2. The van der Waals surface area contributed by atoms with E-state index in [2.05, 4.69) is 15.2 Å². The van der Waals surface area contributed by atoms with Crippen LogP contribution in [0, 0.1) is 0 Å². The van der Waals surface area contributed by atoms with Crippen molar-refractivity contribution in [1.82, 2.24) is 14.8 Å². The summed E-state index contributed by atoms with van der Waals surface area (Å²) in [7, 11) is 0. The van der Waals surface area contributed by atoms with Crippen LogP contribution in [0.25, 0.3) is 0 Å². The average molecular weight is 348 g/mol. The molecule has 7 heteroatoms. The van der Waals surface area contributed by atoms with Crippen molar-refractivity contribution in [1.29, 1.82) is 0 Å². The zero-order valence-electron chi connectivity index (χ0n) is 15.5. The lowest BCUT2D eigenvalue weighted by Gasteiger charge is -2.21. The number of carbonyl (C=O) groups excluding carboxylic acids is 2. The molecule has 2 rings (SSSR count). The zero-order valence-corrected chi connectivity index (χ0v) is 15.5. The highest BCUT2D eigenvalue weighted by Crippen LogP contribution is 2.14. The smallest absolute Gasteiger partial charge is 0.413 e. The number of hydrogen-bond donors (Lipinski definition) is 1. The molecule has 0 aliphatic carbocycles. The summed E-state index contributed by atoms with van der Waals surface area (Å²) in [6, 6.07) is 3.80. The third-order valence-corrected chi connectivity index (χ3v) is 3.89. The monoisotopic (exact) mass is 348 g/mol. The van der Waals surface area contributed by atoms with Gasteiger partial charge >= 0.3 is 6.09 Å². The van der Waals surface area contributed by atoms with Crippen LogP contribution in [0.5, 0.6) is 0 Å². The van der Waals surface area contributed by atoms with E-state index in [0.29, 0.717) is 5.82 Å². The van der Waals surface area contributed by atoms with Gasteiger partial charge in [-0.05, 0) is 44.9 Å². The van der Waals surface area contributed by atoms with Crippen molar-refractivity contribution >= 4 is 17.8 Å². The van der Waals surface area contributed by atoms with Crippen LogP contribution in [0.4, 0.5) is 10.6 Å². The minimum absolute atomic E-state index is 0.134. The van der Waals surface area contributed by atoms with Gasteiger partial charge in [0, 0.05) is 45.8 Å². The van der Waals surface area contributed by atoms with Gasteiger partial charge in [0.2, 0.25) is 5.91 Å². The third-order valence-electron chi connectivity index (χ3n) is 3.89. The summed E-state index contributed by atoms with van der Waals surface area (Å²) < 4.78 is 5.24. The lowest BCUT2D eigenvalue weighted by atomic mass is 10.2. The number of carbonyl (C=O) groups is 2. The first-order valence-corrected chi connectivity index (χ1v) is 8.66. The van der Waals surface area contributed by atoms with Crippen LogP contribution < -0.4 is 5.32 Å². The van der Waals surface area contributed by atoms with E-state index in [1.54, 1.807) is 13.1 Å². The molecule has 138 valence electrons. The number of hydrogen-bond acceptors (Lipinski definition) is 5. The maximum atomic E-state index is 11.9. The fraction of sp³-hybridized carbons (Fsp3) is 0.611. The number of nitrogens with zero attached hydrogens (tertiary/aromatic N) is 3. The van der Waals surface area contributed by atoms with Crippen LogP contribution >= 0.6 is 0 Å². The predicted molar refractivity (Wildman–Crippen MR) is 96.2 cm³/mol. The molecule has 1 aromatic rings. The molecule has 0 aromatic carbocycles. The molecule has 1 fully saturated rings. The number of rotatable bonds is 3. The molecule has 1 aliphatic heterocycles. The Morgan fingerprint density at radius 3 is 2.68 bits per heavy atom. The number of pyridine rings is 1. The first kappa shape index (κ1) is 19.2. The van der Waals surface area contributed by atoms with E-state index in [4.69, 9.17) is 4.74 Å². The SMILES string of the molecule is CC(=O)N1CCCN(Cc2ccnc(NC(=O)OC(C)(C)C)c2)CC1.